The third kappa shape index (κ3) is 3.77. The van der Waals surface area contributed by atoms with Crippen molar-refractivity contribution in [1.82, 2.24) is 0 Å². The molecule has 0 unspecified atom stereocenters. The summed E-state index contributed by atoms with van der Waals surface area (Å²) in [5, 5.41) is 2.07. The van der Waals surface area contributed by atoms with Crippen LogP contribution in [-0.4, -0.2) is 23.5 Å². The van der Waals surface area contributed by atoms with Crippen LogP contribution in [0.3, 0.4) is 0 Å². The first-order valence-electron chi connectivity index (χ1n) is 15.6. The standard InChI is InChI=1S/C36H43NO4/c1-23(38)36-32(33(25-11-7-5-8-12-25)37(41-36)27-13-9-6-10-14-27)22-31-29-16-15-26-21-28(40-24(2)39)17-19-34(26,3)30(29)18-20-35(31,36)4/h5-15,28-33H,16-22H2,1-4H3/t28-,29+,30-,31-,32-,33-,34-,35-,36+/m0/s1. The van der Waals surface area contributed by atoms with Crippen molar-refractivity contribution in [2.45, 2.75) is 90.4 Å². The van der Waals surface area contributed by atoms with Crippen LogP contribution >= 0.6 is 0 Å². The number of carbonyl (C=O) groups excluding carboxylic acids is 2. The van der Waals surface area contributed by atoms with E-state index in [0.29, 0.717) is 17.8 Å². The normalized spacial score (nSPS) is 41.0. The van der Waals surface area contributed by atoms with Gasteiger partial charge in [-0.3, -0.25) is 14.4 Å². The molecule has 5 aliphatic rings. The molecule has 5 heteroatoms. The highest BCUT2D eigenvalue weighted by Crippen LogP contribution is 2.73. The van der Waals surface area contributed by atoms with Gasteiger partial charge < -0.3 is 4.74 Å². The second kappa shape index (κ2) is 9.55. The summed E-state index contributed by atoms with van der Waals surface area (Å²) in [6.45, 7) is 8.15. The van der Waals surface area contributed by atoms with Crippen molar-refractivity contribution in [3.05, 3.63) is 77.9 Å². The smallest absolute Gasteiger partial charge is 0.302 e. The maximum atomic E-state index is 14.0. The van der Waals surface area contributed by atoms with E-state index in [0.717, 1.165) is 50.6 Å². The minimum Gasteiger partial charge on any atom is -0.462 e. The third-order valence-corrected chi connectivity index (χ3v) is 12.2. The summed E-state index contributed by atoms with van der Waals surface area (Å²) in [5.74, 6) is 1.60. The molecule has 41 heavy (non-hydrogen) atoms. The maximum absolute atomic E-state index is 14.0. The molecule has 0 spiro atoms. The number of nitrogens with zero attached hydrogens (tertiary/aromatic N) is 1. The Bertz CT molecular complexity index is 1370. The summed E-state index contributed by atoms with van der Waals surface area (Å²) in [7, 11) is 0. The van der Waals surface area contributed by atoms with Crippen molar-refractivity contribution in [2.24, 2.45) is 34.5 Å². The number of hydroxylamine groups is 1. The molecule has 1 saturated heterocycles. The van der Waals surface area contributed by atoms with Gasteiger partial charge in [-0.25, -0.2) is 5.06 Å². The van der Waals surface area contributed by atoms with E-state index >= 15 is 0 Å². The fourth-order valence-electron chi connectivity index (χ4n) is 10.5. The zero-order valence-electron chi connectivity index (χ0n) is 24.8. The average Bonchev–Trinajstić information content (AvgIpc) is 3.44. The van der Waals surface area contributed by atoms with Crippen LogP contribution in [0.15, 0.2) is 72.3 Å². The van der Waals surface area contributed by atoms with E-state index in [2.05, 4.69) is 67.5 Å². The molecular formula is C36H43NO4. The lowest BCUT2D eigenvalue weighted by Crippen LogP contribution is -2.58. The molecule has 1 aliphatic heterocycles. The molecule has 4 fully saturated rings. The number of allylic oxidation sites excluding steroid dienone is 1. The first-order chi connectivity index (χ1) is 19.7. The van der Waals surface area contributed by atoms with E-state index < -0.39 is 5.60 Å². The Hall–Kier alpha value is -2.92. The second-order valence-corrected chi connectivity index (χ2v) is 13.9. The molecule has 0 bridgehead atoms. The molecule has 0 aromatic heterocycles. The van der Waals surface area contributed by atoms with Crippen LogP contribution in [0.5, 0.6) is 0 Å². The number of Topliss-reactive ketones (excluding diaryl/α,β-unsaturated/α-hetero) is 1. The minimum absolute atomic E-state index is 0.00745. The molecule has 1 heterocycles. The van der Waals surface area contributed by atoms with Gasteiger partial charge in [0.1, 0.15) is 6.10 Å². The highest BCUT2D eigenvalue weighted by Gasteiger charge is 2.75. The van der Waals surface area contributed by atoms with Gasteiger partial charge in [-0.1, -0.05) is 74.0 Å². The van der Waals surface area contributed by atoms with E-state index in [4.69, 9.17) is 9.57 Å². The van der Waals surface area contributed by atoms with Gasteiger partial charge in [0.05, 0.1) is 11.7 Å². The fraction of sp³-hybridized carbons (Fsp3) is 0.556. The number of esters is 1. The number of benzene rings is 2. The highest BCUT2D eigenvalue weighted by molar-refractivity contribution is 5.88. The van der Waals surface area contributed by atoms with Crippen molar-refractivity contribution in [2.75, 3.05) is 5.06 Å². The predicted molar refractivity (Wildman–Crippen MR) is 159 cm³/mol. The SMILES string of the molecule is CC(=O)O[C@H]1CC[C@@]2(C)C(=CC[C@@H]3[C@@H]2CC[C@@]2(C)[C@H]3C[C@H]3[C@H](c4ccccc4)N(c4ccccc4)O[C@]32C(C)=O)C1. The van der Waals surface area contributed by atoms with Crippen LogP contribution in [-0.2, 0) is 19.2 Å². The van der Waals surface area contributed by atoms with Crippen molar-refractivity contribution >= 4 is 17.4 Å². The molecule has 4 aliphatic carbocycles. The van der Waals surface area contributed by atoms with E-state index in [9.17, 15) is 9.59 Å². The van der Waals surface area contributed by atoms with Crippen molar-refractivity contribution in [3.63, 3.8) is 0 Å². The molecule has 0 N–H and O–H groups in total. The summed E-state index contributed by atoms with van der Waals surface area (Å²) >= 11 is 0. The number of ether oxygens (including phenoxy) is 1. The summed E-state index contributed by atoms with van der Waals surface area (Å²) in [6.07, 6.45) is 9.50. The van der Waals surface area contributed by atoms with Gasteiger partial charge in [0.25, 0.3) is 0 Å². The van der Waals surface area contributed by atoms with Crippen molar-refractivity contribution in [3.8, 4) is 0 Å². The highest BCUT2D eigenvalue weighted by atomic mass is 16.7. The Morgan fingerprint density at radius 2 is 1.61 bits per heavy atom. The molecule has 0 amide bonds. The van der Waals surface area contributed by atoms with Crippen molar-refractivity contribution in [1.29, 1.82) is 0 Å². The molecule has 0 radical (unpaired) electrons. The average molecular weight is 554 g/mol. The molecule has 2 aromatic carbocycles. The van der Waals surface area contributed by atoms with Crippen LogP contribution in [0.25, 0.3) is 0 Å². The number of para-hydroxylation sites is 1. The number of hydrogen-bond acceptors (Lipinski definition) is 5. The first kappa shape index (κ1) is 26.9. The van der Waals surface area contributed by atoms with Gasteiger partial charge in [0, 0.05) is 24.7 Å². The quantitative estimate of drug-likeness (QED) is 0.288. The largest absolute Gasteiger partial charge is 0.462 e. The lowest BCUT2D eigenvalue weighted by Gasteiger charge is -2.59. The third-order valence-electron chi connectivity index (χ3n) is 12.2. The van der Waals surface area contributed by atoms with Gasteiger partial charge >= 0.3 is 5.97 Å². The zero-order chi connectivity index (χ0) is 28.6. The Balaban J connectivity index is 1.28. The zero-order valence-corrected chi connectivity index (χ0v) is 24.8. The number of ketones is 1. The summed E-state index contributed by atoms with van der Waals surface area (Å²) in [6, 6.07) is 21.0. The molecule has 3 saturated carbocycles. The Morgan fingerprint density at radius 3 is 2.29 bits per heavy atom. The van der Waals surface area contributed by atoms with Gasteiger partial charge in [-0.2, -0.15) is 0 Å². The van der Waals surface area contributed by atoms with Gasteiger partial charge in [-0.05, 0) is 86.3 Å². The molecular weight excluding hydrogens is 510 g/mol. The lowest BCUT2D eigenvalue weighted by molar-refractivity contribution is -0.171. The second-order valence-electron chi connectivity index (χ2n) is 13.9. The summed E-state index contributed by atoms with van der Waals surface area (Å²) < 4.78 is 5.66. The van der Waals surface area contributed by atoms with Crippen molar-refractivity contribution < 1.29 is 19.2 Å². The van der Waals surface area contributed by atoms with E-state index in [-0.39, 0.29) is 40.6 Å². The number of fused-ring (bicyclic) bond motifs is 7. The number of hydrogen-bond donors (Lipinski definition) is 0. The Kier molecular flexibility index (Phi) is 6.28. The lowest BCUT2D eigenvalue weighted by atomic mass is 9.46. The van der Waals surface area contributed by atoms with Crippen LogP contribution in [0.4, 0.5) is 5.69 Å². The molecule has 7 rings (SSSR count). The number of carbonyl (C=O) groups is 2. The molecule has 5 nitrogen and oxygen atoms in total. The molecule has 9 atom stereocenters. The van der Waals surface area contributed by atoms with Crippen LogP contribution in [0, 0.1) is 34.5 Å². The van der Waals surface area contributed by atoms with Crippen LogP contribution in [0.2, 0.25) is 0 Å². The topological polar surface area (TPSA) is 55.8 Å². The monoisotopic (exact) mass is 553 g/mol. The Labute approximate surface area is 244 Å². The molecule has 2 aromatic rings. The fourth-order valence-corrected chi connectivity index (χ4v) is 10.5. The minimum atomic E-state index is -0.850. The van der Waals surface area contributed by atoms with Crippen LogP contribution < -0.4 is 5.06 Å². The number of rotatable bonds is 4. The molecule has 216 valence electrons. The summed E-state index contributed by atoms with van der Waals surface area (Å²) in [4.78, 5) is 32.9. The number of anilines is 1. The Morgan fingerprint density at radius 1 is 0.902 bits per heavy atom. The van der Waals surface area contributed by atoms with E-state index in [1.54, 1.807) is 6.92 Å². The van der Waals surface area contributed by atoms with Gasteiger partial charge in [0.2, 0.25) is 0 Å². The van der Waals surface area contributed by atoms with Gasteiger partial charge in [0.15, 0.2) is 11.4 Å². The first-order valence-corrected chi connectivity index (χ1v) is 15.6. The van der Waals surface area contributed by atoms with Gasteiger partial charge in [-0.15, -0.1) is 0 Å². The maximum Gasteiger partial charge on any atom is 0.302 e. The predicted octanol–water partition coefficient (Wildman–Crippen LogP) is 7.63. The summed E-state index contributed by atoms with van der Waals surface area (Å²) in [5.41, 5.74) is 2.76. The van der Waals surface area contributed by atoms with E-state index in [1.807, 2.05) is 18.2 Å². The van der Waals surface area contributed by atoms with Crippen LogP contribution in [0.1, 0.15) is 84.2 Å². The van der Waals surface area contributed by atoms with E-state index in [1.165, 1.54) is 18.1 Å².